The van der Waals surface area contributed by atoms with Crippen molar-refractivity contribution in [3.63, 3.8) is 0 Å². The molecular formula is C13H21FN2O. The highest BCUT2D eigenvalue weighted by Crippen LogP contribution is 2.17. The van der Waals surface area contributed by atoms with E-state index in [0.717, 1.165) is 12.1 Å². The lowest BCUT2D eigenvalue weighted by Gasteiger charge is -2.26. The van der Waals surface area contributed by atoms with Gasteiger partial charge < -0.3 is 10.4 Å². The molecule has 0 heterocycles. The standard InChI is InChI=1S/C13H21FN2O/c1-3-10(2)13(15-9-8-14)16-11-4-6-12(17)7-5-11/h4-7,10,13,15-17H,3,8-9H2,1-2H3. The number of hydrogen-bond donors (Lipinski definition) is 3. The highest BCUT2D eigenvalue weighted by Gasteiger charge is 2.14. The molecule has 0 radical (unpaired) electrons. The molecule has 3 nitrogen and oxygen atoms in total. The molecule has 0 saturated carbocycles. The molecule has 1 rings (SSSR count). The van der Waals surface area contributed by atoms with E-state index in [1.165, 1.54) is 0 Å². The summed E-state index contributed by atoms with van der Waals surface area (Å²) in [6.45, 7) is 4.20. The van der Waals surface area contributed by atoms with Crippen molar-refractivity contribution in [3.05, 3.63) is 24.3 Å². The van der Waals surface area contributed by atoms with E-state index < -0.39 is 0 Å². The molecule has 0 fully saturated rings. The van der Waals surface area contributed by atoms with Gasteiger partial charge in [-0.15, -0.1) is 0 Å². The summed E-state index contributed by atoms with van der Waals surface area (Å²) in [7, 11) is 0. The second-order valence-corrected chi connectivity index (χ2v) is 4.20. The van der Waals surface area contributed by atoms with Crippen molar-refractivity contribution in [3.8, 4) is 5.75 Å². The van der Waals surface area contributed by atoms with Gasteiger partial charge in [-0.25, -0.2) is 4.39 Å². The van der Waals surface area contributed by atoms with Crippen molar-refractivity contribution >= 4 is 5.69 Å². The number of benzene rings is 1. The predicted octanol–water partition coefficient (Wildman–Crippen LogP) is 2.74. The highest BCUT2D eigenvalue weighted by molar-refractivity contribution is 5.46. The first kappa shape index (κ1) is 13.8. The number of alkyl halides is 1. The Morgan fingerprint density at radius 1 is 1.29 bits per heavy atom. The smallest absolute Gasteiger partial charge is 0.115 e. The summed E-state index contributed by atoms with van der Waals surface area (Å²) in [4.78, 5) is 0. The fourth-order valence-corrected chi connectivity index (χ4v) is 1.58. The Balaban J connectivity index is 2.61. The maximum absolute atomic E-state index is 12.2. The number of phenolic OH excluding ortho intramolecular Hbond substituents is 1. The van der Waals surface area contributed by atoms with Crippen LogP contribution in [0.5, 0.6) is 5.75 Å². The molecule has 2 atom stereocenters. The number of phenols is 1. The minimum absolute atomic E-state index is 0.0419. The molecule has 0 amide bonds. The van der Waals surface area contributed by atoms with Crippen molar-refractivity contribution in [2.24, 2.45) is 5.92 Å². The van der Waals surface area contributed by atoms with Crippen LogP contribution in [0.3, 0.4) is 0 Å². The van der Waals surface area contributed by atoms with Gasteiger partial charge in [-0.1, -0.05) is 20.3 Å². The summed E-state index contributed by atoms with van der Waals surface area (Å²) in [6.07, 6.45) is 1.05. The second-order valence-electron chi connectivity index (χ2n) is 4.20. The van der Waals surface area contributed by atoms with Crippen LogP contribution < -0.4 is 10.6 Å². The van der Waals surface area contributed by atoms with Crippen molar-refractivity contribution in [1.82, 2.24) is 5.32 Å². The van der Waals surface area contributed by atoms with E-state index in [1.54, 1.807) is 12.1 Å². The zero-order valence-electron chi connectivity index (χ0n) is 10.4. The molecule has 3 N–H and O–H groups in total. The van der Waals surface area contributed by atoms with Crippen LogP contribution in [0.25, 0.3) is 0 Å². The molecule has 0 bridgehead atoms. The SMILES string of the molecule is CCC(C)C(NCCF)Nc1ccc(O)cc1. The lowest BCUT2D eigenvalue weighted by atomic mass is 10.1. The van der Waals surface area contributed by atoms with Gasteiger partial charge in [-0.3, -0.25) is 5.32 Å². The monoisotopic (exact) mass is 240 g/mol. The fourth-order valence-electron chi connectivity index (χ4n) is 1.58. The Bertz CT molecular complexity index is 316. The van der Waals surface area contributed by atoms with E-state index in [9.17, 15) is 9.50 Å². The number of anilines is 1. The largest absolute Gasteiger partial charge is 0.508 e. The Morgan fingerprint density at radius 3 is 2.47 bits per heavy atom. The first-order valence-electron chi connectivity index (χ1n) is 6.02. The van der Waals surface area contributed by atoms with Crippen LogP contribution in [0.1, 0.15) is 20.3 Å². The van der Waals surface area contributed by atoms with Gasteiger partial charge >= 0.3 is 0 Å². The third kappa shape index (κ3) is 4.61. The van der Waals surface area contributed by atoms with Crippen LogP contribution in [0.4, 0.5) is 10.1 Å². The molecule has 1 aromatic rings. The average molecular weight is 240 g/mol. The molecule has 0 aromatic heterocycles. The molecule has 17 heavy (non-hydrogen) atoms. The summed E-state index contributed by atoms with van der Waals surface area (Å²) in [5.74, 6) is 0.641. The second kappa shape index (κ2) is 7.12. The minimum Gasteiger partial charge on any atom is -0.508 e. The summed E-state index contributed by atoms with van der Waals surface area (Å²) in [6, 6.07) is 6.87. The Hall–Kier alpha value is -1.29. The van der Waals surface area contributed by atoms with Crippen LogP contribution in [-0.4, -0.2) is 24.5 Å². The Kier molecular flexibility index (Phi) is 5.77. The van der Waals surface area contributed by atoms with E-state index in [0.29, 0.717) is 12.5 Å². The Morgan fingerprint density at radius 2 is 1.94 bits per heavy atom. The van der Waals surface area contributed by atoms with Gasteiger partial charge in [0.25, 0.3) is 0 Å². The third-order valence-corrected chi connectivity index (χ3v) is 2.86. The van der Waals surface area contributed by atoms with Crippen LogP contribution in [0, 0.1) is 5.92 Å². The average Bonchev–Trinajstić information content (AvgIpc) is 2.36. The number of halogens is 1. The maximum Gasteiger partial charge on any atom is 0.115 e. The van der Waals surface area contributed by atoms with E-state index in [1.807, 2.05) is 12.1 Å². The fraction of sp³-hybridized carbons (Fsp3) is 0.538. The predicted molar refractivity (Wildman–Crippen MR) is 69.0 cm³/mol. The van der Waals surface area contributed by atoms with Gasteiger partial charge in [0.2, 0.25) is 0 Å². The first-order chi connectivity index (χ1) is 8.17. The van der Waals surface area contributed by atoms with Crippen LogP contribution >= 0.6 is 0 Å². The van der Waals surface area contributed by atoms with Gasteiger partial charge in [-0.05, 0) is 30.2 Å². The van der Waals surface area contributed by atoms with Crippen molar-refractivity contribution in [2.75, 3.05) is 18.5 Å². The van der Waals surface area contributed by atoms with Gasteiger partial charge in [0.1, 0.15) is 12.4 Å². The maximum atomic E-state index is 12.2. The number of rotatable bonds is 7. The van der Waals surface area contributed by atoms with Gasteiger partial charge in [-0.2, -0.15) is 0 Å². The topological polar surface area (TPSA) is 44.3 Å². The van der Waals surface area contributed by atoms with E-state index in [-0.39, 0.29) is 18.6 Å². The number of nitrogens with one attached hydrogen (secondary N) is 2. The molecular weight excluding hydrogens is 219 g/mol. The van der Waals surface area contributed by atoms with Gasteiger partial charge in [0.05, 0.1) is 6.17 Å². The molecule has 0 spiro atoms. The zero-order chi connectivity index (χ0) is 12.7. The Labute approximate surface area is 102 Å². The van der Waals surface area contributed by atoms with E-state index in [4.69, 9.17) is 0 Å². The lowest BCUT2D eigenvalue weighted by Crippen LogP contribution is -2.42. The molecule has 4 heteroatoms. The minimum atomic E-state index is -0.371. The van der Waals surface area contributed by atoms with Crippen LogP contribution in [0.2, 0.25) is 0 Å². The molecule has 96 valence electrons. The number of hydrogen-bond acceptors (Lipinski definition) is 3. The van der Waals surface area contributed by atoms with Gasteiger partial charge in [0, 0.05) is 12.2 Å². The van der Waals surface area contributed by atoms with Crippen LogP contribution in [-0.2, 0) is 0 Å². The molecule has 0 saturated heterocycles. The summed E-state index contributed by atoms with van der Waals surface area (Å²) in [5.41, 5.74) is 0.916. The molecule has 0 aliphatic heterocycles. The van der Waals surface area contributed by atoms with Crippen molar-refractivity contribution in [2.45, 2.75) is 26.4 Å². The van der Waals surface area contributed by atoms with Crippen LogP contribution in [0.15, 0.2) is 24.3 Å². The molecule has 0 aliphatic carbocycles. The number of aromatic hydroxyl groups is 1. The van der Waals surface area contributed by atoms with E-state index >= 15 is 0 Å². The quantitative estimate of drug-likeness (QED) is 0.507. The zero-order valence-corrected chi connectivity index (χ0v) is 10.4. The van der Waals surface area contributed by atoms with E-state index in [2.05, 4.69) is 24.5 Å². The lowest BCUT2D eigenvalue weighted by molar-refractivity contribution is 0.373. The first-order valence-corrected chi connectivity index (χ1v) is 6.02. The summed E-state index contributed by atoms with van der Waals surface area (Å²) < 4.78 is 12.2. The molecule has 0 aliphatic rings. The summed E-state index contributed by atoms with van der Waals surface area (Å²) in [5, 5.41) is 15.6. The van der Waals surface area contributed by atoms with Gasteiger partial charge in [0.15, 0.2) is 0 Å². The van der Waals surface area contributed by atoms with Crippen molar-refractivity contribution in [1.29, 1.82) is 0 Å². The van der Waals surface area contributed by atoms with Crippen molar-refractivity contribution < 1.29 is 9.50 Å². The molecule has 2 unspecified atom stereocenters. The highest BCUT2D eigenvalue weighted by atomic mass is 19.1. The summed E-state index contributed by atoms with van der Waals surface area (Å²) >= 11 is 0. The molecule has 1 aromatic carbocycles. The third-order valence-electron chi connectivity index (χ3n) is 2.86. The normalized spacial score (nSPS) is 14.3.